The minimum Gasteiger partial charge on any atom is -0.330 e. The molecule has 0 aliphatic heterocycles. The Hall–Kier alpha value is -1.41. The van der Waals surface area contributed by atoms with Crippen molar-refractivity contribution in [2.45, 2.75) is 26.7 Å². The summed E-state index contributed by atoms with van der Waals surface area (Å²) in [6, 6.07) is 12.5. The van der Waals surface area contributed by atoms with E-state index >= 15 is 0 Å². The highest BCUT2D eigenvalue weighted by molar-refractivity contribution is 5.78. The van der Waals surface area contributed by atoms with Crippen molar-refractivity contribution in [2.24, 2.45) is 11.1 Å². The van der Waals surface area contributed by atoms with E-state index in [0.717, 1.165) is 30.6 Å². The van der Waals surface area contributed by atoms with Gasteiger partial charge in [-0.2, -0.15) is 0 Å². The monoisotopic (exact) mass is 228 g/mol. The molecule has 90 valence electrons. The Labute approximate surface area is 103 Å². The lowest BCUT2D eigenvalue weighted by Gasteiger charge is -2.23. The SMILES string of the molecule is CC(C)(CCN)Cc1ccc2ccccc2n1. The van der Waals surface area contributed by atoms with Crippen molar-refractivity contribution in [3.8, 4) is 0 Å². The number of hydrogen-bond donors (Lipinski definition) is 1. The fourth-order valence-corrected chi connectivity index (χ4v) is 2.18. The van der Waals surface area contributed by atoms with Gasteiger partial charge in [-0.3, -0.25) is 4.98 Å². The zero-order valence-corrected chi connectivity index (χ0v) is 10.6. The standard InChI is InChI=1S/C15H20N2/c1-15(2,9-10-16)11-13-8-7-12-5-3-4-6-14(12)17-13/h3-8H,9-11,16H2,1-2H3. The molecule has 1 aromatic carbocycles. The second kappa shape index (κ2) is 4.84. The van der Waals surface area contributed by atoms with Crippen LogP contribution in [0.4, 0.5) is 0 Å². The van der Waals surface area contributed by atoms with Crippen molar-refractivity contribution in [1.82, 2.24) is 4.98 Å². The molecular formula is C15H20N2. The number of benzene rings is 1. The average molecular weight is 228 g/mol. The van der Waals surface area contributed by atoms with Crippen LogP contribution in [0.2, 0.25) is 0 Å². The van der Waals surface area contributed by atoms with Crippen LogP contribution < -0.4 is 5.73 Å². The summed E-state index contributed by atoms with van der Waals surface area (Å²) in [7, 11) is 0. The van der Waals surface area contributed by atoms with Crippen LogP contribution >= 0.6 is 0 Å². The number of nitrogens with two attached hydrogens (primary N) is 1. The summed E-state index contributed by atoms with van der Waals surface area (Å²) in [5.74, 6) is 0. The van der Waals surface area contributed by atoms with Gasteiger partial charge in [-0.15, -0.1) is 0 Å². The van der Waals surface area contributed by atoms with Crippen molar-refractivity contribution >= 4 is 10.9 Å². The molecule has 0 aliphatic carbocycles. The first-order valence-electron chi connectivity index (χ1n) is 6.15. The highest BCUT2D eigenvalue weighted by atomic mass is 14.7. The van der Waals surface area contributed by atoms with Crippen LogP contribution in [0.5, 0.6) is 0 Å². The molecule has 0 unspecified atom stereocenters. The van der Waals surface area contributed by atoms with E-state index in [-0.39, 0.29) is 5.41 Å². The molecule has 1 heterocycles. The van der Waals surface area contributed by atoms with Gasteiger partial charge in [0.1, 0.15) is 0 Å². The molecule has 0 atom stereocenters. The third-order valence-corrected chi connectivity index (χ3v) is 3.14. The summed E-state index contributed by atoms with van der Waals surface area (Å²) in [6.45, 7) is 5.23. The van der Waals surface area contributed by atoms with E-state index in [1.807, 2.05) is 12.1 Å². The normalized spacial score (nSPS) is 11.9. The number of rotatable bonds is 4. The third kappa shape index (κ3) is 3.04. The molecule has 0 radical (unpaired) electrons. The van der Waals surface area contributed by atoms with Gasteiger partial charge in [0.15, 0.2) is 0 Å². The van der Waals surface area contributed by atoms with E-state index in [9.17, 15) is 0 Å². The maximum absolute atomic E-state index is 5.64. The van der Waals surface area contributed by atoms with Crippen LogP contribution in [0.15, 0.2) is 36.4 Å². The van der Waals surface area contributed by atoms with Gasteiger partial charge in [0.2, 0.25) is 0 Å². The average Bonchev–Trinajstić information content (AvgIpc) is 2.28. The summed E-state index contributed by atoms with van der Waals surface area (Å²) < 4.78 is 0. The maximum atomic E-state index is 5.64. The maximum Gasteiger partial charge on any atom is 0.0705 e. The van der Waals surface area contributed by atoms with Crippen molar-refractivity contribution in [3.05, 3.63) is 42.1 Å². The number of nitrogens with zero attached hydrogens (tertiary/aromatic N) is 1. The van der Waals surface area contributed by atoms with E-state index in [1.54, 1.807) is 0 Å². The molecule has 0 fully saturated rings. The third-order valence-electron chi connectivity index (χ3n) is 3.14. The Balaban J connectivity index is 2.25. The summed E-state index contributed by atoms with van der Waals surface area (Å²) in [5.41, 5.74) is 8.10. The second-order valence-corrected chi connectivity index (χ2v) is 5.37. The molecular weight excluding hydrogens is 208 g/mol. The Bertz CT molecular complexity index is 503. The second-order valence-electron chi connectivity index (χ2n) is 5.37. The molecule has 0 spiro atoms. The number of fused-ring (bicyclic) bond motifs is 1. The Morgan fingerprint density at radius 3 is 2.65 bits per heavy atom. The van der Waals surface area contributed by atoms with Crippen LogP contribution in [0.25, 0.3) is 10.9 Å². The summed E-state index contributed by atoms with van der Waals surface area (Å²) in [5, 5.41) is 1.20. The summed E-state index contributed by atoms with van der Waals surface area (Å²) >= 11 is 0. The molecule has 0 aliphatic rings. The van der Waals surface area contributed by atoms with E-state index in [2.05, 4.69) is 38.1 Å². The smallest absolute Gasteiger partial charge is 0.0705 e. The van der Waals surface area contributed by atoms with Crippen molar-refractivity contribution < 1.29 is 0 Å². The molecule has 2 heteroatoms. The van der Waals surface area contributed by atoms with Gasteiger partial charge in [0.25, 0.3) is 0 Å². The van der Waals surface area contributed by atoms with Crippen molar-refractivity contribution in [1.29, 1.82) is 0 Å². The van der Waals surface area contributed by atoms with E-state index < -0.39 is 0 Å². The zero-order valence-electron chi connectivity index (χ0n) is 10.6. The van der Waals surface area contributed by atoms with Crippen LogP contribution in [-0.2, 0) is 6.42 Å². The fraction of sp³-hybridized carbons (Fsp3) is 0.400. The van der Waals surface area contributed by atoms with E-state index in [1.165, 1.54) is 5.39 Å². The number of pyridine rings is 1. The molecule has 0 amide bonds. The summed E-state index contributed by atoms with van der Waals surface area (Å²) in [4.78, 5) is 4.70. The minimum absolute atomic E-state index is 0.226. The Morgan fingerprint density at radius 2 is 1.88 bits per heavy atom. The topological polar surface area (TPSA) is 38.9 Å². The lowest BCUT2D eigenvalue weighted by atomic mass is 9.84. The first-order valence-corrected chi connectivity index (χ1v) is 6.15. The molecule has 1 aromatic heterocycles. The largest absolute Gasteiger partial charge is 0.330 e. The van der Waals surface area contributed by atoms with Crippen molar-refractivity contribution in [2.75, 3.05) is 6.54 Å². The number of para-hydroxylation sites is 1. The van der Waals surface area contributed by atoms with E-state index in [4.69, 9.17) is 10.7 Å². The van der Waals surface area contributed by atoms with Crippen LogP contribution in [-0.4, -0.2) is 11.5 Å². The Kier molecular flexibility index (Phi) is 3.43. The van der Waals surface area contributed by atoms with Crippen LogP contribution in [0, 0.1) is 5.41 Å². The first-order chi connectivity index (χ1) is 8.11. The Morgan fingerprint density at radius 1 is 1.12 bits per heavy atom. The highest BCUT2D eigenvalue weighted by Gasteiger charge is 2.18. The molecule has 2 nitrogen and oxygen atoms in total. The lowest BCUT2D eigenvalue weighted by Crippen LogP contribution is -2.20. The first kappa shape index (κ1) is 12.1. The molecule has 2 aromatic rings. The molecule has 2 N–H and O–H groups in total. The molecule has 0 bridgehead atoms. The number of hydrogen-bond acceptors (Lipinski definition) is 2. The zero-order chi connectivity index (χ0) is 12.3. The number of aromatic nitrogens is 1. The van der Waals surface area contributed by atoms with Gasteiger partial charge in [0.05, 0.1) is 5.52 Å². The molecule has 17 heavy (non-hydrogen) atoms. The van der Waals surface area contributed by atoms with Crippen LogP contribution in [0.3, 0.4) is 0 Å². The predicted octanol–water partition coefficient (Wildman–Crippen LogP) is 3.15. The quantitative estimate of drug-likeness (QED) is 0.873. The predicted molar refractivity (Wildman–Crippen MR) is 72.9 cm³/mol. The van der Waals surface area contributed by atoms with Gasteiger partial charge in [-0.1, -0.05) is 38.1 Å². The molecule has 0 saturated carbocycles. The van der Waals surface area contributed by atoms with Crippen LogP contribution in [0.1, 0.15) is 26.0 Å². The molecule has 0 saturated heterocycles. The molecule has 2 rings (SSSR count). The van der Waals surface area contributed by atoms with Gasteiger partial charge < -0.3 is 5.73 Å². The van der Waals surface area contributed by atoms with Crippen molar-refractivity contribution in [3.63, 3.8) is 0 Å². The summed E-state index contributed by atoms with van der Waals surface area (Å²) in [6.07, 6.45) is 2.01. The highest BCUT2D eigenvalue weighted by Crippen LogP contribution is 2.25. The van der Waals surface area contributed by atoms with Gasteiger partial charge >= 0.3 is 0 Å². The van der Waals surface area contributed by atoms with Gasteiger partial charge in [-0.05, 0) is 36.9 Å². The fourth-order valence-electron chi connectivity index (χ4n) is 2.18. The lowest BCUT2D eigenvalue weighted by molar-refractivity contribution is 0.335. The minimum atomic E-state index is 0.226. The van der Waals surface area contributed by atoms with Gasteiger partial charge in [0, 0.05) is 11.1 Å². The van der Waals surface area contributed by atoms with E-state index in [0.29, 0.717) is 0 Å². The van der Waals surface area contributed by atoms with Gasteiger partial charge in [-0.25, -0.2) is 0 Å².